The molecule has 0 unspecified atom stereocenters. The SMILES string of the molecule is Cn1cnnc1SCc1ccc(C(=O)N/N=C/c2ccccc2O)cc1. The normalized spacial score (nSPS) is 11.0. The molecule has 2 aromatic carbocycles. The van der Waals surface area contributed by atoms with Crippen LogP contribution in [-0.2, 0) is 12.8 Å². The van der Waals surface area contributed by atoms with Crippen LogP contribution in [-0.4, -0.2) is 32.0 Å². The number of aromatic hydroxyl groups is 1. The number of carbonyl (C=O) groups excluding carboxylic acids is 1. The van der Waals surface area contributed by atoms with Crippen molar-refractivity contribution in [3.8, 4) is 5.75 Å². The molecule has 0 spiro atoms. The number of hydrogen-bond acceptors (Lipinski definition) is 6. The Morgan fingerprint density at radius 3 is 2.73 bits per heavy atom. The third-order valence-corrected chi connectivity index (χ3v) is 4.67. The molecule has 3 aromatic rings. The molecule has 2 N–H and O–H groups in total. The van der Waals surface area contributed by atoms with Crippen molar-refractivity contribution in [2.45, 2.75) is 10.9 Å². The summed E-state index contributed by atoms with van der Waals surface area (Å²) in [6.45, 7) is 0. The van der Waals surface area contributed by atoms with Gasteiger partial charge in [-0.15, -0.1) is 10.2 Å². The minimum atomic E-state index is -0.316. The van der Waals surface area contributed by atoms with Gasteiger partial charge in [-0.25, -0.2) is 5.43 Å². The van der Waals surface area contributed by atoms with Crippen molar-refractivity contribution in [2.24, 2.45) is 12.1 Å². The zero-order valence-electron chi connectivity index (χ0n) is 14.0. The predicted octanol–water partition coefficient (Wildman–Crippen LogP) is 2.58. The number of phenols is 1. The zero-order valence-corrected chi connectivity index (χ0v) is 14.8. The number of aryl methyl sites for hydroxylation is 1. The quantitative estimate of drug-likeness (QED) is 0.397. The van der Waals surface area contributed by atoms with Gasteiger partial charge in [0, 0.05) is 23.9 Å². The number of hydrazone groups is 1. The molecule has 1 heterocycles. The summed E-state index contributed by atoms with van der Waals surface area (Å²) in [4.78, 5) is 12.1. The van der Waals surface area contributed by atoms with Gasteiger partial charge in [-0.1, -0.05) is 36.0 Å². The maximum Gasteiger partial charge on any atom is 0.271 e. The van der Waals surface area contributed by atoms with Crippen molar-refractivity contribution in [3.63, 3.8) is 0 Å². The van der Waals surface area contributed by atoms with Crippen molar-refractivity contribution < 1.29 is 9.90 Å². The number of phenolic OH excluding ortho intramolecular Hbond substituents is 1. The summed E-state index contributed by atoms with van der Waals surface area (Å²) in [5.74, 6) is 0.527. The van der Waals surface area contributed by atoms with E-state index in [0.29, 0.717) is 11.1 Å². The van der Waals surface area contributed by atoms with Crippen LogP contribution in [0.2, 0.25) is 0 Å². The Kier molecular flexibility index (Phi) is 5.65. The smallest absolute Gasteiger partial charge is 0.271 e. The number of amides is 1. The van der Waals surface area contributed by atoms with E-state index in [1.807, 2.05) is 23.7 Å². The van der Waals surface area contributed by atoms with E-state index in [2.05, 4.69) is 20.7 Å². The van der Waals surface area contributed by atoms with Gasteiger partial charge in [0.15, 0.2) is 5.16 Å². The molecule has 7 nitrogen and oxygen atoms in total. The molecule has 0 aliphatic heterocycles. The first kappa shape index (κ1) is 17.7. The standard InChI is InChI=1S/C18H17N5O2S/c1-23-12-20-22-18(23)26-11-13-6-8-14(9-7-13)17(25)21-19-10-15-4-2-3-5-16(15)24/h2-10,12,24H,11H2,1H3,(H,21,25)/b19-10+. The van der Waals surface area contributed by atoms with Crippen LogP contribution in [0.4, 0.5) is 0 Å². The zero-order chi connectivity index (χ0) is 18.4. The van der Waals surface area contributed by atoms with Gasteiger partial charge in [0.25, 0.3) is 5.91 Å². The minimum absolute atomic E-state index is 0.107. The van der Waals surface area contributed by atoms with Gasteiger partial charge in [0.1, 0.15) is 12.1 Å². The van der Waals surface area contributed by atoms with Crippen molar-refractivity contribution in [1.29, 1.82) is 0 Å². The number of hydrogen-bond donors (Lipinski definition) is 2. The Balaban J connectivity index is 1.55. The van der Waals surface area contributed by atoms with E-state index in [1.165, 1.54) is 6.21 Å². The van der Waals surface area contributed by atoms with E-state index in [4.69, 9.17) is 0 Å². The van der Waals surface area contributed by atoms with Gasteiger partial charge in [0.2, 0.25) is 0 Å². The topological polar surface area (TPSA) is 92.4 Å². The number of thioether (sulfide) groups is 1. The Morgan fingerprint density at radius 1 is 1.27 bits per heavy atom. The van der Waals surface area contributed by atoms with E-state index in [0.717, 1.165) is 16.5 Å². The van der Waals surface area contributed by atoms with E-state index in [9.17, 15) is 9.90 Å². The first-order chi connectivity index (χ1) is 12.6. The lowest BCUT2D eigenvalue weighted by atomic mass is 10.1. The van der Waals surface area contributed by atoms with Gasteiger partial charge in [-0.2, -0.15) is 5.10 Å². The molecular weight excluding hydrogens is 350 g/mol. The molecule has 8 heteroatoms. The van der Waals surface area contributed by atoms with Gasteiger partial charge in [-0.3, -0.25) is 4.79 Å². The van der Waals surface area contributed by atoms with E-state index in [-0.39, 0.29) is 11.7 Å². The van der Waals surface area contributed by atoms with E-state index in [1.54, 1.807) is 54.5 Å². The summed E-state index contributed by atoms with van der Waals surface area (Å²) < 4.78 is 1.86. The maximum atomic E-state index is 12.1. The Bertz CT molecular complexity index is 921. The van der Waals surface area contributed by atoms with Gasteiger partial charge in [-0.05, 0) is 29.8 Å². The lowest BCUT2D eigenvalue weighted by Crippen LogP contribution is -2.17. The molecule has 0 aliphatic carbocycles. The molecular formula is C18H17N5O2S. The molecule has 0 saturated heterocycles. The van der Waals surface area contributed by atoms with Crippen LogP contribution in [0, 0.1) is 0 Å². The van der Waals surface area contributed by atoms with Crippen LogP contribution >= 0.6 is 11.8 Å². The molecule has 0 aliphatic rings. The van der Waals surface area contributed by atoms with Crippen LogP contribution in [0.5, 0.6) is 5.75 Å². The van der Waals surface area contributed by atoms with Crippen LogP contribution in [0.15, 0.2) is 65.1 Å². The second kappa shape index (κ2) is 8.30. The maximum absolute atomic E-state index is 12.1. The second-order valence-corrected chi connectivity index (χ2v) is 6.41. The predicted molar refractivity (Wildman–Crippen MR) is 100 cm³/mol. The van der Waals surface area contributed by atoms with Crippen LogP contribution in [0.25, 0.3) is 0 Å². The van der Waals surface area contributed by atoms with Gasteiger partial charge >= 0.3 is 0 Å². The molecule has 132 valence electrons. The van der Waals surface area contributed by atoms with Gasteiger partial charge in [0.05, 0.1) is 6.21 Å². The van der Waals surface area contributed by atoms with Crippen LogP contribution < -0.4 is 5.43 Å². The molecule has 0 atom stereocenters. The van der Waals surface area contributed by atoms with Crippen molar-refractivity contribution >= 4 is 23.9 Å². The fraction of sp³-hybridized carbons (Fsp3) is 0.111. The average Bonchev–Trinajstić information content (AvgIpc) is 3.07. The van der Waals surface area contributed by atoms with Crippen molar-refractivity contribution in [2.75, 3.05) is 0 Å². The fourth-order valence-corrected chi connectivity index (χ4v) is 2.97. The van der Waals surface area contributed by atoms with Gasteiger partial charge < -0.3 is 9.67 Å². The first-order valence-electron chi connectivity index (χ1n) is 7.80. The molecule has 0 radical (unpaired) electrons. The Morgan fingerprint density at radius 2 is 2.04 bits per heavy atom. The highest BCUT2D eigenvalue weighted by Crippen LogP contribution is 2.20. The summed E-state index contributed by atoms with van der Waals surface area (Å²) in [7, 11) is 1.89. The second-order valence-electron chi connectivity index (χ2n) is 5.47. The summed E-state index contributed by atoms with van der Waals surface area (Å²) in [5, 5.41) is 22.2. The molecule has 0 saturated carbocycles. The largest absolute Gasteiger partial charge is 0.507 e. The number of benzene rings is 2. The summed E-state index contributed by atoms with van der Waals surface area (Å²) in [5.41, 5.74) is 4.56. The number of nitrogens with zero attached hydrogens (tertiary/aromatic N) is 4. The molecule has 0 fully saturated rings. The average molecular weight is 367 g/mol. The Hall–Kier alpha value is -3.13. The first-order valence-corrected chi connectivity index (χ1v) is 8.79. The van der Waals surface area contributed by atoms with Crippen molar-refractivity contribution in [3.05, 3.63) is 71.5 Å². The lowest BCUT2D eigenvalue weighted by Gasteiger charge is -2.04. The Labute approximate surface area is 154 Å². The molecule has 0 bridgehead atoms. The van der Waals surface area contributed by atoms with E-state index >= 15 is 0 Å². The summed E-state index contributed by atoms with van der Waals surface area (Å²) in [6.07, 6.45) is 3.06. The number of carbonyl (C=O) groups is 1. The summed E-state index contributed by atoms with van der Waals surface area (Å²) >= 11 is 1.58. The minimum Gasteiger partial charge on any atom is -0.507 e. The molecule has 1 aromatic heterocycles. The number of para-hydroxylation sites is 1. The molecule has 1 amide bonds. The lowest BCUT2D eigenvalue weighted by molar-refractivity contribution is 0.0955. The number of rotatable bonds is 6. The summed E-state index contributed by atoms with van der Waals surface area (Å²) in [6, 6.07) is 14.0. The third kappa shape index (κ3) is 4.48. The van der Waals surface area contributed by atoms with E-state index < -0.39 is 0 Å². The number of nitrogens with one attached hydrogen (secondary N) is 1. The van der Waals surface area contributed by atoms with Crippen LogP contribution in [0.1, 0.15) is 21.5 Å². The molecule has 3 rings (SSSR count). The van der Waals surface area contributed by atoms with Crippen molar-refractivity contribution in [1.82, 2.24) is 20.2 Å². The highest BCUT2D eigenvalue weighted by atomic mass is 32.2. The highest BCUT2D eigenvalue weighted by molar-refractivity contribution is 7.98. The van der Waals surface area contributed by atoms with Crippen LogP contribution in [0.3, 0.4) is 0 Å². The molecule has 26 heavy (non-hydrogen) atoms. The highest BCUT2D eigenvalue weighted by Gasteiger charge is 2.06. The number of aromatic nitrogens is 3. The monoisotopic (exact) mass is 367 g/mol. The third-order valence-electron chi connectivity index (χ3n) is 3.56. The fourth-order valence-electron chi connectivity index (χ4n) is 2.13.